The van der Waals surface area contributed by atoms with Crippen LogP contribution in [0.25, 0.3) is 66.1 Å². The molecule has 0 radical (unpaired) electrons. The molecule has 0 unspecified atom stereocenters. The maximum absolute atomic E-state index is 11.1. The molecule has 2 aromatic heterocycles. The molecule has 366 valence electrons. The SMILES string of the molecule is CC1(C)c2cc(-n3c4ccccc4c4ccccc43)ccc2N(c2cc3c(c(-c4c(C#N)cccc4C#N)c2)C(c2ccccc2)(c2ccccc2)c2ccccc2O3)c2ccc(-n3c4ccccc4c4ccccc43)cc21. The zero-order chi connectivity index (χ0) is 52.3. The Morgan fingerprint density at radius 3 is 1.29 bits per heavy atom. The van der Waals surface area contributed by atoms with Crippen molar-refractivity contribution in [1.82, 2.24) is 9.13 Å². The largest absolute Gasteiger partial charge is 0.457 e. The summed E-state index contributed by atoms with van der Waals surface area (Å²) in [5, 5.41) is 27.1. The Balaban J connectivity index is 1.06. The maximum atomic E-state index is 11.1. The Morgan fingerprint density at radius 2 is 0.821 bits per heavy atom. The zero-order valence-electron chi connectivity index (χ0n) is 42.8. The maximum Gasteiger partial charge on any atom is 0.134 e. The van der Waals surface area contributed by atoms with Crippen molar-refractivity contribution >= 4 is 60.7 Å². The lowest BCUT2D eigenvalue weighted by atomic mass is 9.61. The lowest BCUT2D eigenvalue weighted by Gasteiger charge is -2.45. The third-order valence-corrected chi connectivity index (χ3v) is 16.7. The highest BCUT2D eigenvalue weighted by Crippen LogP contribution is 2.61. The fraction of sp³-hybridized carbons (Fsp3) is 0.0556. The number of rotatable bonds is 6. The van der Waals surface area contributed by atoms with E-state index in [2.05, 4.69) is 252 Å². The van der Waals surface area contributed by atoms with Gasteiger partial charge in [-0.15, -0.1) is 0 Å². The first-order valence-corrected chi connectivity index (χ1v) is 26.5. The van der Waals surface area contributed by atoms with Crippen molar-refractivity contribution in [3.8, 4) is 46.1 Å². The summed E-state index contributed by atoms with van der Waals surface area (Å²) in [6.45, 7) is 4.70. The van der Waals surface area contributed by atoms with Crippen LogP contribution in [0.1, 0.15) is 58.4 Å². The van der Waals surface area contributed by atoms with Gasteiger partial charge in [-0.1, -0.05) is 172 Å². The highest BCUT2D eigenvalue weighted by Gasteiger charge is 2.48. The summed E-state index contributed by atoms with van der Waals surface area (Å²) < 4.78 is 12.1. The number of fused-ring (bicyclic) bond motifs is 10. The molecule has 0 atom stereocenters. The number of aromatic nitrogens is 2. The van der Waals surface area contributed by atoms with Crippen LogP contribution in [0.3, 0.4) is 0 Å². The fourth-order valence-corrected chi connectivity index (χ4v) is 13.4. The molecule has 0 N–H and O–H groups in total. The van der Waals surface area contributed by atoms with Crippen LogP contribution in [-0.4, -0.2) is 9.13 Å². The Kier molecular flexibility index (Phi) is 9.85. The number of ether oxygens (including phenoxy) is 1. The summed E-state index contributed by atoms with van der Waals surface area (Å²) in [7, 11) is 0. The molecule has 13 aromatic rings. The molecule has 6 nitrogen and oxygen atoms in total. The molecule has 0 saturated carbocycles. The number of nitrogens with zero attached hydrogens (tertiary/aromatic N) is 5. The predicted molar refractivity (Wildman–Crippen MR) is 315 cm³/mol. The summed E-state index contributed by atoms with van der Waals surface area (Å²) in [5.74, 6) is 1.35. The van der Waals surface area contributed by atoms with Gasteiger partial charge in [0.15, 0.2) is 0 Å². The van der Waals surface area contributed by atoms with Crippen molar-refractivity contribution in [3.05, 3.63) is 293 Å². The third kappa shape index (κ3) is 6.29. The minimum absolute atomic E-state index is 0.398. The normalized spacial score (nSPS) is 13.8. The molecule has 15 rings (SSSR count). The minimum Gasteiger partial charge on any atom is -0.457 e. The second kappa shape index (κ2) is 17.1. The Bertz CT molecular complexity index is 4380. The molecule has 4 heterocycles. The third-order valence-electron chi connectivity index (χ3n) is 16.7. The van der Waals surface area contributed by atoms with Crippen molar-refractivity contribution in [3.63, 3.8) is 0 Å². The monoisotopic (exact) mass is 997 g/mol. The number of benzene rings is 11. The summed E-state index contributed by atoms with van der Waals surface area (Å²) in [5.41, 5.74) is 16.2. The second-order valence-corrected chi connectivity index (χ2v) is 21.0. The quantitative estimate of drug-likeness (QED) is 0.166. The Morgan fingerprint density at radius 1 is 0.385 bits per heavy atom. The summed E-state index contributed by atoms with van der Waals surface area (Å²) in [4.78, 5) is 2.38. The van der Waals surface area contributed by atoms with Gasteiger partial charge in [-0.05, 0) is 113 Å². The van der Waals surface area contributed by atoms with Crippen molar-refractivity contribution in [2.75, 3.05) is 4.90 Å². The van der Waals surface area contributed by atoms with Gasteiger partial charge in [-0.2, -0.15) is 10.5 Å². The van der Waals surface area contributed by atoms with Gasteiger partial charge in [0.25, 0.3) is 0 Å². The van der Waals surface area contributed by atoms with Gasteiger partial charge in [-0.3, -0.25) is 0 Å². The average molecular weight is 998 g/mol. The van der Waals surface area contributed by atoms with Crippen molar-refractivity contribution in [1.29, 1.82) is 10.5 Å². The van der Waals surface area contributed by atoms with Crippen LogP contribution < -0.4 is 9.64 Å². The van der Waals surface area contributed by atoms with Crippen molar-refractivity contribution in [2.45, 2.75) is 24.7 Å². The van der Waals surface area contributed by atoms with E-state index in [1.807, 2.05) is 30.3 Å². The molecule has 0 saturated heterocycles. The van der Waals surface area contributed by atoms with E-state index in [0.717, 1.165) is 95.2 Å². The van der Waals surface area contributed by atoms with Gasteiger partial charge < -0.3 is 18.8 Å². The van der Waals surface area contributed by atoms with Crippen LogP contribution >= 0.6 is 0 Å². The molecule has 78 heavy (non-hydrogen) atoms. The van der Waals surface area contributed by atoms with E-state index >= 15 is 0 Å². The van der Waals surface area contributed by atoms with Gasteiger partial charge >= 0.3 is 0 Å². The minimum atomic E-state index is -0.954. The molecule has 11 aromatic carbocycles. The molecule has 2 aliphatic rings. The lowest BCUT2D eigenvalue weighted by Crippen LogP contribution is -2.35. The first-order valence-electron chi connectivity index (χ1n) is 26.5. The predicted octanol–water partition coefficient (Wildman–Crippen LogP) is 17.9. The van der Waals surface area contributed by atoms with Crippen LogP contribution in [0.15, 0.2) is 249 Å². The van der Waals surface area contributed by atoms with Gasteiger partial charge in [0, 0.05) is 61.1 Å². The highest BCUT2D eigenvalue weighted by atomic mass is 16.5. The van der Waals surface area contributed by atoms with Crippen LogP contribution in [0.2, 0.25) is 0 Å². The van der Waals surface area contributed by atoms with E-state index in [4.69, 9.17) is 4.74 Å². The van der Waals surface area contributed by atoms with Crippen LogP contribution in [-0.2, 0) is 10.8 Å². The first-order chi connectivity index (χ1) is 38.4. The highest BCUT2D eigenvalue weighted by molar-refractivity contribution is 6.10. The smallest absolute Gasteiger partial charge is 0.134 e. The van der Waals surface area contributed by atoms with E-state index < -0.39 is 10.8 Å². The second-order valence-electron chi connectivity index (χ2n) is 21.0. The molecule has 0 spiro atoms. The number of nitriles is 2. The Labute approximate surface area is 451 Å². The van der Waals surface area contributed by atoms with E-state index in [-0.39, 0.29) is 0 Å². The zero-order valence-corrected chi connectivity index (χ0v) is 42.8. The lowest BCUT2D eigenvalue weighted by molar-refractivity contribution is 0.435. The van der Waals surface area contributed by atoms with Crippen LogP contribution in [0.4, 0.5) is 17.1 Å². The van der Waals surface area contributed by atoms with E-state index in [1.54, 1.807) is 6.07 Å². The van der Waals surface area contributed by atoms with Crippen LogP contribution in [0, 0.1) is 22.7 Å². The van der Waals surface area contributed by atoms with E-state index in [1.165, 1.54) is 21.5 Å². The standard InChI is InChI=1S/C72H47N5O/c1-71(2)59-41-50(75-61-31-14-9-26-53(61)54-27-10-15-32-62(54)75)36-38-65(59)77(66-39-37-51(42-60(66)71)76-63-33-16-11-28-55(63)56-29-12-17-34-64(56)76)52-40-57(69-46(44-73)20-19-21-47(69)45-74)70-68(43-52)78-67-35-18-13-30-58(67)72(70,48-22-5-3-6-23-48)49-24-7-4-8-25-49/h3-43H,1-2H3. The fourth-order valence-electron chi connectivity index (χ4n) is 13.4. The van der Waals surface area contributed by atoms with E-state index in [9.17, 15) is 10.5 Å². The van der Waals surface area contributed by atoms with Gasteiger partial charge in [0.1, 0.15) is 11.5 Å². The molecule has 0 fully saturated rings. The summed E-state index contributed by atoms with van der Waals surface area (Å²) in [6, 6.07) is 92.8. The number of hydrogen-bond acceptors (Lipinski definition) is 4. The number of anilines is 3. The topological polar surface area (TPSA) is 69.9 Å². The Hall–Kier alpha value is -10.4. The first kappa shape index (κ1) is 45.0. The summed E-state index contributed by atoms with van der Waals surface area (Å²) >= 11 is 0. The van der Waals surface area contributed by atoms with Gasteiger partial charge in [-0.25, -0.2) is 0 Å². The average Bonchev–Trinajstić information content (AvgIpc) is 4.17. The molecule has 0 bridgehead atoms. The number of para-hydroxylation sites is 5. The van der Waals surface area contributed by atoms with Crippen LogP contribution in [0.5, 0.6) is 11.5 Å². The van der Waals surface area contributed by atoms with Crippen molar-refractivity contribution < 1.29 is 4.74 Å². The molecule has 6 heteroatoms. The molecular formula is C72H47N5O. The molecular weight excluding hydrogens is 951 g/mol. The molecule has 0 amide bonds. The summed E-state index contributed by atoms with van der Waals surface area (Å²) in [6.07, 6.45) is 0. The molecule has 0 aliphatic carbocycles. The van der Waals surface area contributed by atoms with Crippen molar-refractivity contribution in [2.24, 2.45) is 0 Å². The van der Waals surface area contributed by atoms with Gasteiger partial charge in [0.05, 0.1) is 67.8 Å². The number of hydrogen-bond donors (Lipinski definition) is 0. The molecule has 2 aliphatic heterocycles. The van der Waals surface area contributed by atoms with E-state index in [0.29, 0.717) is 22.4 Å². The van der Waals surface area contributed by atoms with Gasteiger partial charge in [0.2, 0.25) is 0 Å².